The number of hydrogen-bond donors (Lipinski definition) is 1. The van der Waals surface area contributed by atoms with Crippen molar-refractivity contribution >= 4 is 6.02 Å². The van der Waals surface area contributed by atoms with Gasteiger partial charge in [0, 0.05) is 11.5 Å². The summed E-state index contributed by atoms with van der Waals surface area (Å²) in [6.07, 6.45) is 2.87. The molecule has 2 aliphatic heterocycles. The third-order valence-electron chi connectivity index (χ3n) is 6.65. The lowest BCUT2D eigenvalue weighted by atomic mass is 9.67. The molecular weight excluding hydrogens is 409 g/mol. The van der Waals surface area contributed by atoms with Crippen LogP contribution in [0.4, 0.5) is 4.39 Å². The normalized spacial score (nSPS) is 28.3. The zero-order valence-corrected chi connectivity index (χ0v) is 18.2. The SMILES string of the molecule is CC(C)OC1CCC2Oc3ccc(-c4cc(F)cc(C#N)c4)cc3C3(COC(N)=N3)[C@H]2C1. The van der Waals surface area contributed by atoms with Gasteiger partial charge in [-0.3, -0.25) is 0 Å². The van der Waals surface area contributed by atoms with Gasteiger partial charge >= 0.3 is 0 Å². The Morgan fingerprint density at radius 3 is 2.78 bits per heavy atom. The molecule has 1 fully saturated rings. The van der Waals surface area contributed by atoms with Crippen molar-refractivity contribution in [3.63, 3.8) is 0 Å². The lowest BCUT2D eigenvalue weighted by Crippen LogP contribution is -2.52. The average molecular weight is 435 g/mol. The number of ether oxygens (including phenoxy) is 3. The quantitative estimate of drug-likeness (QED) is 0.778. The summed E-state index contributed by atoms with van der Waals surface area (Å²) in [5.74, 6) is 0.346. The van der Waals surface area contributed by atoms with E-state index < -0.39 is 11.4 Å². The number of nitrogens with zero attached hydrogens (tertiary/aromatic N) is 2. The van der Waals surface area contributed by atoms with Crippen molar-refractivity contribution in [2.45, 2.75) is 57.0 Å². The summed E-state index contributed by atoms with van der Waals surface area (Å²) < 4.78 is 32.4. The van der Waals surface area contributed by atoms with Gasteiger partial charge in [-0.15, -0.1) is 0 Å². The minimum atomic E-state index is -0.678. The molecule has 2 aromatic carbocycles. The molecule has 3 aliphatic rings. The zero-order chi connectivity index (χ0) is 22.5. The maximum atomic E-state index is 14.1. The van der Waals surface area contributed by atoms with Crippen LogP contribution in [0.15, 0.2) is 41.4 Å². The Kier molecular flexibility index (Phi) is 5.06. The molecule has 7 heteroatoms. The Labute approximate surface area is 186 Å². The standard InChI is InChI=1S/C25H26FN3O3/c1-14(2)31-19-4-6-23-21(11-19)25(13-30-24(28)29-25)20-10-16(3-5-22(20)32-23)17-7-15(12-27)8-18(26)9-17/h3,5,7-10,14,19,21,23H,4,6,11,13H2,1-2H3,(H2,28,29)/t19?,21-,23?,25?/m0/s1. The van der Waals surface area contributed by atoms with Crippen LogP contribution in [-0.4, -0.2) is 30.9 Å². The Morgan fingerprint density at radius 2 is 2.06 bits per heavy atom. The van der Waals surface area contributed by atoms with E-state index in [1.165, 1.54) is 12.1 Å². The average Bonchev–Trinajstić information content (AvgIpc) is 3.15. The number of nitrogens with two attached hydrogens (primary N) is 1. The van der Waals surface area contributed by atoms with E-state index in [4.69, 9.17) is 24.9 Å². The fraction of sp³-hybridized carbons (Fsp3) is 0.440. The second kappa shape index (κ2) is 7.79. The van der Waals surface area contributed by atoms with Crippen molar-refractivity contribution < 1.29 is 18.6 Å². The Balaban J connectivity index is 1.60. The highest BCUT2D eigenvalue weighted by molar-refractivity contribution is 5.75. The van der Waals surface area contributed by atoms with Gasteiger partial charge in [0.15, 0.2) is 0 Å². The zero-order valence-electron chi connectivity index (χ0n) is 18.2. The molecule has 6 nitrogen and oxygen atoms in total. The van der Waals surface area contributed by atoms with Crippen molar-refractivity contribution in [3.05, 3.63) is 53.3 Å². The van der Waals surface area contributed by atoms with Gasteiger partial charge in [0.2, 0.25) is 0 Å². The maximum absolute atomic E-state index is 14.1. The van der Waals surface area contributed by atoms with Crippen LogP contribution in [0.1, 0.15) is 44.2 Å². The molecule has 2 N–H and O–H groups in total. The van der Waals surface area contributed by atoms with Crippen molar-refractivity contribution in [1.82, 2.24) is 0 Å². The first-order valence-electron chi connectivity index (χ1n) is 11.0. The predicted octanol–water partition coefficient (Wildman–Crippen LogP) is 4.26. The van der Waals surface area contributed by atoms with E-state index >= 15 is 0 Å². The molecule has 32 heavy (non-hydrogen) atoms. The second-order valence-electron chi connectivity index (χ2n) is 9.10. The van der Waals surface area contributed by atoms with Gasteiger partial charge < -0.3 is 19.9 Å². The van der Waals surface area contributed by atoms with Gasteiger partial charge in [-0.1, -0.05) is 6.07 Å². The van der Waals surface area contributed by atoms with E-state index in [2.05, 4.69) is 0 Å². The van der Waals surface area contributed by atoms with E-state index in [9.17, 15) is 9.65 Å². The van der Waals surface area contributed by atoms with Crippen LogP contribution in [0.25, 0.3) is 11.1 Å². The highest BCUT2D eigenvalue weighted by atomic mass is 19.1. The van der Waals surface area contributed by atoms with Crippen LogP contribution in [0.3, 0.4) is 0 Å². The lowest BCUT2D eigenvalue weighted by Gasteiger charge is -2.48. The molecule has 1 spiro atoms. The molecule has 0 bridgehead atoms. The monoisotopic (exact) mass is 435 g/mol. The molecule has 0 aromatic heterocycles. The summed E-state index contributed by atoms with van der Waals surface area (Å²) in [5, 5.41) is 9.24. The van der Waals surface area contributed by atoms with Crippen molar-refractivity contribution in [2.75, 3.05) is 6.61 Å². The first-order chi connectivity index (χ1) is 15.4. The van der Waals surface area contributed by atoms with Crippen LogP contribution in [0.5, 0.6) is 5.75 Å². The largest absolute Gasteiger partial charge is 0.490 e. The molecular formula is C25H26FN3O3. The van der Waals surface area contributed by atoms with Gasteiger partial charge in [-0.05, 0) is 74.6 Å². The Hall–Kier alpha value is -3.11. The van der Waals surface area contributed by atoms with E-state index in [1.807, 2.05) is 38.1 Å². The third kappa shape index (κ3) is 3.49. The van der Waals surface area contributed by atoms with Crippen molar-refractivity contribution in [1.29, 1.82) is 5.26 Å². The fourth-order valence-electron chi connectivity index (χ4n) is 5.36. The minimum Gasteiger partial charge on any atom is -0.490 e. The third-order valence-corrected chi connectivity index (χ3v) is 6.65. The molecule has 0 amide bonds. The highest BCUT2D eigenvalue weighted by Crippen LogP contribution is 2.53. The Morgan fingerprint density at radius 1 is 1.22 bits per heavy atom. The van der Waals surface area contributed by atoms with E-state index in [-0.39, 0.29) is 35.8 Å². The first kappa shape index (κ1) is 20.8. The summed E-state index contributed by atoms with van der Waals surface area (Å²) in [7, 11) is 0. The summed E-state index contributed by atoms with van der Waals surface area (Å²) in [6, 6.07) is 12.3. The minimum absolute atomic E-state index is 0.00188. The number of halogens is 1. The highest BCUT2D eigenvalue weighted by Gasteiger charge is 2.55. The number of nitriles is 1. The summed E-state index contributed by atoms with van der Waals surface area (Å²) in [5.41, 5.74) is 7.90. The predicted molar refractivity (Wildman–Crippen MR) is 118 cm³/mol. The van der Waals surface area contributed by atoms with Gasteiger partial charge in [0.05, 0.1) is 23.8 Å². The molecule has 5 rings (SSSR count). The van der Waals surface area contributed by atoms with Gasteiger partial charge in [0.25, 0.3) is 6.02 Å². The summed E-state index contributed by atoms with van der Waals surface area (Å²) in [4.78, 5) is 4.82. The van der Waals surface area contributed by atoms with Crippen LogP contribution < -0.4 is 10.5 Å². The summed E-state index contributed by atoms with van der Waals surface area (Å²) in [6.45, 7) is 4.43. The molecule has 1 saturated carbocycles. The molecule has 166 valence electrons. The molecule has 2 aromatic rings. The van der Waals surface area contributed by atoms with E-state index in [0.717, 1.165) is 36.1 Å². The van der Waals surface area contributed by atoms with Crippen molar-refractivity contribution in [2.24, 2.45) is 16.6 Å². The number of aliphatic imine (C=N–C) groups is 1. The molecule has 0 saturated heterocycles. The lowest BCUT2D eigenvalue weighted by molar-refractivity contribution is -0.0791. The number of amidine groups is 1. The number of rotatable bonds is 3. The fourth-order valence-corrected chi connectivity index (χ4v) is 5.36. The number of fused-ring (bicyclic) bond motifs is 4. The molecule has 1 aliphatic carbocycles. The number of hydrogen-bond acceptors (Lipinski definition) is 6. The topological polar surface area (TPSA) is 89.9 Å². The number of benzene rings is 2. The Bertz CT molecular complexity index is 1130. The van der Waals surface area contributed by atoms with E-state index in [0.29, 0.717) is 12.2 Å². The van der Waals surface area contributed by atoms with Gasteiger partial charge in [0.1, 0.15) is 29.8 Å². The van der Waals surface area contributed by atoms with Gasteiger partial charge in [-0.25, -0.2) is 9.38 Å². The van der Waals surface area contributed by atoms with Crippen LogP contribution in [0, 0.1) is 23.1 Å². The molecule has 4 atom stereocenters. The van der Waals surface area contributed by atoms with Crippen molar-refractivity contribution in [3.8, 4) is 22.9 Å². The summed E-state index contributed by atoms with van der Waals surface area (Å²) >= 11 is 0. The molecule has 2 heterocycles. The van der Waals surface area contributed by atoms with Gasteiger partial charge in [-0.2, -0.15) is 5.26 Å². The molecule has 0 radical (unpaired) electrons. The smallest absolute Gasteiger partial charge is 0.283 e. The van der Waals surface area contributed by atoms with E-state index in [1.54, 1.807) is 6.07 Å². The second-order valence-corrected chi connectivity index (χ2v) is 9.10. The van der Waals surface area contributed by atoms with Crippen LogP contribution in [0.2, 0.25) is 0 Å². The van der Waals surface area contributed by atoms with Crippen LogP contribution >= 0.6 is 0 Å². The maximum Gasteiger partial charge on any atom is 0.283 e. The first-order valence-corrected chi connectivity index (χ1v) is 11.0. The van der Waals surface area contributed by atoms with Crippen LogP contribution in [-0.2, 0) is 15.0 Å². The molecule has 3 unspecified atom stereocenters.